The predicted octanol–water partition coefficient (Wildman–Crippen LogP) is 0.897. The van der Waals surface area contributed by atoms with Gasteiger partial charge in [0.05, 0.1) is 18.7 Å². The standard InChI is InChI=1S/C11H17N3O2/c1-16-9-7-8(15)13-10(14-9)11(12)5-3-2-4-6-11/h7H,2-6,12H2,1H3,(H,13,14,15). The van der Waals surface area contributed by atoms with Crippen molar-refractivity contribution >= 4 is 0 Å². The first-order valence-electron chi connectivity index (χ1n) is 5.59. The molecule has 88 valence electrons. The Hall–Kier alpha value is -1.36. The van der Waals surface area contributed by atoms with E-state index in [1.54, 1.807) is 0 Å². The topological polar surface area (TPSA) is 81.0 Å². The van der Waals surface area contributed by atoms with Crippen LogP contribution in [0, 0.1) is 0 Å². The van der Waals surface area contributed by atoms with E-state index in [-0.39, 0.29) is 5.56 Å². The van der Waals surface area contributed by atoms with E-state index in [0.717, 1.165) is 25.7 Å². The maximum Gasteiger partial charge on any atom is 0.254 e. The number of methoxy groups -OCH3 is 1. The van der Waals surface area contributed by atoms with E-state index in [0.29, 0.717) is 11.7 Å². The number of ether oxygens (including phenoxy) is 1. The fourth-order valence-corrected chi connectivity index (χ4v) is 2.20. The van der Waals surface area contributed by atoms with Crippen molar-refractivity contribution < 1.29 is 4.74 Å². The zero-order chi connectivity index (χ0) is 11.6. The van der Waals surface area contributed by atoms with E-state index in [2.05, 4.69) is 9.97 Å². The number of nitrogens with zero attached hydrogens (tertiary/aromatic N) is 1. The zero-order valence-electron chi connectivity index (χ0n) is 9.45. The summed E-state index contributed by atoms with van der Waals surface area (Å²) in [6.45, 7) is 0. The van der Waals surface area contributed by atoms with Crippen LogP contribution >= 0.6 is 0 Å². The lowest BCUT2D eigenvalue weighted by molar-refractivity contribution is 0.281. The molecule has 1 saturated carbocycles. The molecule has 1 aromatic heterocycles. The lowest BCUT2D eigenvalue weighted by atomic mass is 9.82. The minimum atomic E-state index is -0.494. The maximum atomic E-state index is 11.4. The number of aromatic nitrogens is 2. The van der Waals surface area contributed by atoms with Gasteiger partial charge in [-0.2, -0.15) is 4.98 Å². The van der Waals surface area contributed by atoms with Gasteiger partial charge in [0, 0.05) is 0 Å². The molecule has 1 fully saturated rings. The van der Waals surface area contributed by atoms with Crippen LogP contribution in [-0.2, 0) is 5.54 Å². The normalized spacial score (nSPS) is 19.4. The van der Waals surface area contributed by atoms with Crippen LogP contribution in [0.3, 0.4) is 0 Å². The summed E-state index contributed by atoms with van der Waals surface area (Å²) >= 11 is 0. The van der Waals surface area contributed by atoms with Gasteiger partial charge in [-0.3, -0.25) is 4.79 Å². The summed E-state index contributed by atoms with van der Waals surface area (Å²) in [6.07, 6.45) is 5.09. The van der Waals surface area contributed by atoms with Crippen molar-refractivity contribution in [3.05, 3.63) is 22.2 Å². The number of H-pyrrole nitrogens is 1. The van der Waals surface area contributed by atoms with E-state index in [9.17, 15) is 4.79 Å². The van der Waals surface area contributed by atoms with Crippen LogP contribution in [0.4, 0.5) is 0 Å². The van der Waals surface area contributed by atoms with Crippen LogP contribution in [-0.4, -0.2) is 17.1 Å². The van der Waals surface area contributed by atoms with Gasteiger partial charge in [0.15, 0.2) is 0 Å². The summed E-state index contributed by atoms with van der Waals surface area (Å²) in [5, 5.41) is 0. The maximum absolute atomic E-state index is 11.4. The molecule has 0 amide bonds. The first kappa shape index (κ1) is 11.1. The molecular formula is C11H17N3O2. The Morgan fingerprint density at radius 3 is 2.75 bits per heavy atom. The second kappa shape index (κ2) is 4.25. The van der Waals surface area contributed by atoms with Crippen molar-refractivity contribution in [3.8, 4) is 5.88 Å². The third-order valence-corrected chi connectivity index (χ3v) is 3.14. The molecule has 0 bridgehead atoms. The summed E-state index contributed by atoms with van der Waals surface area (Å²) in [6, 6.07) is 1.33. The molecule has 5 heteroatoms. The van der Waals surface area contributed by atoms with Crippen LogP contribution in [0.2, 0.25) is 0 Å². The van der Waals surface area contributed by atoms with Crippen LogP contribution < -0.4 is 16.0 Å². The number of rotatable bonds is 2. The highest BCUT2D eigenvalue weighted by molar-refractivity contribution is 5.14. The van der Waals surface area contributed by atoms with Crippen molar-refractivity contribution in [2.45, 2.75) is 37.6 Å². The molecule has 3 N–H and O–H groups in total. The van der Waals surface area contributed by atoms with Crippen molar-refractivity contribution in [2.75, 3.05) is 7.11 Å². The summed E-state index contributed by atoms with van der Waals surface area (Å²) in [5.74, 6) is 0.880. The molecule has 2 rings (SSSR count). The number of nitrogens with two attached hydrogens (primary N) is 1. The Morgan fingerprint density at radius 1 is 1.44 bits per heavy atom. The highest BCUT2D eigenvalue weighted by atomic mass is 16.5. The molecule has 1 aliphatic rings. The summed E-state index contributed by atoms with van der Waals surface area (Å²) in [7, 11) is 1.50. The fraction of sp³-hybridized carbons (Fsp3) is 0.636. The lowest BCUT2D eigenvalue weighted by Crippen LogP contribution is -2.41. The Bertz CT molecular complexity index is 421. The van der Waals surface area contributed by atoms with Crippen LogP contribution in [0.15, 0.2) is 10.9 Å². The summed E-state index contributed by atoms with van der Waals surface area (Å²) in [4.78, 5) is 18.4. The van der Waals surface area contributed by atoms with Crippen molar-refractivity contribution in [3.63, 3.8) is 0 Å². The first-order valence-corrected chi connectivity index (χ1v) is 5.59. The second-order valence-corrected chi connectivity index (χ2v) is 4.35. The molecule has 0 spiro atoms. The van der Waals surface area contributed by atoms with Gasteiger partial charge in [-0.15, -0.1) is 0 Å². The SMILES string of the molecule is COc1cc(=O)[nH]c(C2(N)CCCCC2)n1. The Balaban J connectivity index is 2.38. The Labute approximate surface area is 94.0 Å². The fourth-order valence-electron chi connectivity index (χ4n) is 2.20. The average molecular weight is 223 g/mol. The van der Waals surface area contributed by atoms with Crippen LogP contribution in [0.1, 0.15) is 37.9 Å². The predicted molar refractivity (Wildman–Crippen MR) is 60.4 cm³/mol. The molecule has 5 nitrogen and oxygen atoms in total. The van der Waals surface area contributed by atoms with Gasteiger partial charge in [0.1, 0.15) is 5.82 Å². The van der Waals surface area contributed by atoms with E-state index >= 15 is 0 Å². The molecule has 1 aliphatic carbocycles. The summed E-state index contributed by atoms with van der Waals surface area (Å²) in [5.41, 5.74) is 5.58. The highest BCUT2D eigenvalue weighted by Gasteiger charge is 2.32. The van der Waals surface area contributed by atoms with Crippen LogP contribution in [0.5, 0.6) is 5.88 Å². The quantitative estimate of drug-likeness (QED) is 0.780. The number of nitrogens with one attached hydrogen (secondary N) is 1. The molecule has 1 heterocycles. The van der Waals surface area contributed by atoms with Crippen molar-refractivity contribution in [1.82, 2.24) is 9.97 Å². The minimum absolute atomic E-state index is 0.211. The van der Waals surface area contributed by atoms with Gasteiger partial charge in [-0.1, -0.05) is 19.3 Å². The molecule has 0 unspecified atom stereocenters. The molecule has 16 heavy (non-hydrogen) atoms. The minimum Gasteiger partial charge on any atom is -0.481 e. The molecular weight excluding hydrogens is 206 g/mol. The third-order valence-electron chi connectivity index (χ3n) is 3.14. The van der Waals surface area contributed by atoms with Gasteiger partial charge < -0.3 is 15.5 Å². The molecule has 1 aromatic rings. The first-order chi connectivity index (χ1) is 7.64. The molecule has 0 saturated heterocycles. The van der Waals surface area contributed by atoms with Gasteiger partial charge in [0.2, 0.25) is 5.88 Å². The zero-order valence-corrected chi connectivity index (χ0v) is 9.45. The third kappa shape index (κ3) is 2.09. The average Bonchev–Trinajstić information content (AvgIpc) is 2.29. The monoisotopic (exact) mass is 223 g/mol. The van der Waals surface area contributed by atoms with E-state index < -0.39 is 5.54 Å². The van der Waals surface area contributed by atoms with Gasteiger partial charge in [-0.25, -0.2) is 0 Å². The number of aromatic amines is 1. The second-order valence-electron chi connectivity index (χ2n) is 4.35. The molecule has 0 atom stereocenters. The number of hydrogen-bond donors (Lipinski definition) is 2. The van der Waals surface area contributed by atoms with E-state index in [4.69, 9.17) is 10.5 Å². The molecule has 0 aliphatic heterocycles. The highest BCUT2D eigenvalue weighted by Crippen LogP contribution is 2.32. The van der Waals surface area contributed by atoms with Crippen molar-refractivity contribution in [1.29, 1.82) is 0 Å². The van der Waals surface area contributed by atoms with Crippen LogP contribution in [0.25, 0.3) is 0 Å². The summed E-state index contributed by atoms with van der Waals surface area (Å²) < 4.78 is 4.98. The van der Waals surface area contributed by atoms with Gasteiger partial charge >= 0.3 is 0 Å². The molecule has 0 radical (unpaired) electrons. The molecule has 0 aromatic carbocycles. The largest absolute Gasteiger partial charge is 0.481 e. The lowest BCUT2D eigenvalue weighted by Gasteiger charge is -2.32. The van der Waals surface area contributed by atoms with Crippen molar-refractivity contribution in [2.24, 2.45) is 5.73 Å². The van der Waals surface area contributed by atoms with Gasteiger partial charge in [-0.05, 0) is 12.8 Å². The Kier molecular flexibility index (Phi) is 2.96. The van der Waals surface area contributed by atoms with E-state index in [1.165, 1.54) is 19.6 Å². The smallest absolute Gasteiger partial charge is 0.254 e. The Morgan fingerprint density at radius 2 is 2.12 bits per heavy atom. The van der Waals surface area contributed by atoms with E-state index in [1.807, 2.05) is 0 Å². The number of hydrogen-bond acceptors (Lipinski definition) is 4. The van der Waals surface area contributed by atoms with Gasteiger partial charge in [0.25, 0.3) is 5.56 Å².